The molecule has 0 aliphatic carbocycles. The highest BCUT2D eigenvalue weighted by molar-refractivity contribution is 6.31. The van der Waals surface area contributed by atoms with Crippen LogP contribution in [0.15, 0.2) is 42.5 Å². The Bertz CT molecular complexity index is 590. The van der Waals surface area contributed by atoms with Gasteiger partial charge in [0.25, 0.3) is 0 Å². The van der Waals surface area contributed by atoms with E-state index in [4.69, 9.17) is 21.4 Å². The van der Waals surface area contributed by atoms with E-state index in [1.807, 2.05) is 30.3 Å². The van der Waals surface area contributed by atoms with Crippen LogP contribution in [0.2, 0.25) is 5.02 Å². The van der Waals surface area contributed by atoms with Gasteiger partial charge < -0.3 is 9.84 Å². The minimum Gasteiger partial charge on any atom is -0.444 e. The molecule has 2 N–H and O–H groups in total. The first kappa shape index (κ1) is 14.3. The van der Waals surface area contributed by atoms with Crippen LogP contribution in [-0.4, -0.2) is 16.2 Å². The van der Waals surface area contributed by atoms with Gasteiger partial charge in [0.15, 0.2) is 0 Å². The van der Waals surface area contributed by atoms with E-state index in [0.29, 0.717) is 10.7 Å². The number of carbonyl (C=O) groups is 1. The lowest BCUT2D eigenvalue weighted by Crippen LogP contribution is -2.15. The molecule has 0 saturated carbocycles. The summed E-state index contributed by atoms with van der Waals surface area (Å²) in [4.78, 5) is 15.6. The van der Waals surface area contributed by atoms with E-state index in [9.17, 15) is 4.79 Å². The number of pyridine rings is 1. The van der Waals surface area contributed by atoms with Gasteiger partial charge >= 0.3 is 6.09 Å². The van der Waals surface area contributed by atoms with Crippen LogP contribution in [0.4, 0.5) is 10.6 Å². The topological polar surface area (TPSA) is 71.5 Å². The van der Waals surface area contributed by atoms with Gasteiger partial charge in [-0.3, -0.25) is 5.32 Å². The van der Waals surface area contributed by atoms with Crippen molar-refractivity contribution in [1.82, 2.24) is 4.98 Å². The highest BCUT2D eigenvalue weighted by atomic mass is 35.5. The molecule has 20 heavy (non-hydrogen) atoms. The molecule has 1 amide bonds. The predicted octanol–water partition coefficient (Wildman–Crippen LogP) is 2.98. The number of nitrogens with zero attached hydrogens (tertiary/aromatic N) is 1. The number of aromatic nitrogens is 1. The summed E-state index contributed by atoms with van der Waals surface area (Å²) in [5.41, 5.74) is 1.19. The van der Waals surface area contributed by atoms with Crippen molar-refractivity contribution in [3.8, 4) is 0 Å². The number of rotatable bonds is 4. The number of hydrogen-bond acceptors (Lipinski definition) is 4. The van der Waals surface area contributed by atoms with E-state index in [0.717, 1.165) is 5.56 Å². The number of anilines is 1. The third-order valence-corrected chi connectivity index (χ3v) is 2.86. The summed E-state index contributed by atoms with van der Waals surface area (Å²) < 4.78 is 5.05. The number of nitrogens with one attached hydrogen (secondary N) is 1. The van der Waals surface area contributed by atoms with Gasteiger partial charge in [-0.25, -0.2) is 9.78 Å². The summed E-state index contributed by atoms with van der Waals surface area (Å²) in [6.45, 7) is -0.124. The second kappa shape index (κ2) is 6.88. The SMILES string of the molecule is O=C(Nc1ccc(Cl)c(CO)n1)OCc1ccccc1. The van der Waals surface area contributed by atoms with Gasteiger partial charge in [-0.05, 0) is 17.7 Å². The van der Waals surface area contributed by atoms with Gasteiger partial charge in [-0.2, -0.15) is 0 Å². The summed E-state index contributed by atoms with van der Waals surface area (Å²) >= 11 is 5.81. The average Bonchev–Trinajstić information content (AvgIpc) is 2.48. The fourth-order valence-corrected chi connectivity index (χ4v) is 1.69. The van der Waals surface area contributed by atoms with E-state index >= 15 is 0 Å². The zero-order chi connectivity index (χ0) is 14.4. The minimum absolute atomic E-state index is 0.174. The molecular weight excluding hydrogens is 280 g/mol. The summed E-state index contributed by atoms with van der Waals surface area (Å²) in [7, 11) is 0. The van der Waals surface area contributed by atoms with Crippen molar-refractivity contribution in [3.63, 3.8) is 0 Å². The molecule has 0 saturated heterocycles. The van der Waals surface area contributed by atoms with Crippen LogP contribution in [0.3, 0.4) is 0 Å². The summed E-state index contributed by atoms with van der Waals surface area (Å²) in [5, 5.41) is 11.9. The molecule has 0 aliphatic heterocycles. The first-order valence-electron chi connectivity index (χ1n) is 5.93. The molecular formula is C14H13ClN2O3. The van der Waals surface area contributed by atoms with Crippen LogP contribution < -0.4 is 5.32 Å². The van der Waals surface area contributed by atoms with Gasteiger partial charge in [0.05, 0.1) is 17.3 Å². The van der Waals surface area contributed by atoms with Crippen molar-refractivity contribution < 1.29 is 14.6 Å². The van der Waals surface area contributed by atoms with Gasteiger partial charge in [0, 0.05) is 0 Å². The maximum Gasteiger partial charge on any atom is 0.413 e. The third-order valence-electron chi connectivity index (χ3n) is 2.51. The molecule has 6 heteroatoms. The molecule has 2 rings (SSSR count). The number of benzene rings is 1. The van der Waals surface area contributed by atoms with Crippen molar-refractivity contribution in [3.05, 3.63) is 58.7 Å². The number of hydrogen-bond donors (Lipinski definition) is 2. The Labute approximate surface area is 121 Å². The van der Waals surface area contributed by atoms with Crippen molar-refractivity contribution in [1.29, 1.82) is 0 Å². The molecule has 1 aromatic heterocycles. The standard InChI is InChI=1S/C14H13ClN2O3/c15-11-6-7-13(16-12(11)8-18)17-14(19)20-9-10-4-2-1-3-5-10/h1-7,18H,8-9H2,(H,16,17,19). The Morgan fingerprint density at radius 2 is 2.00 bits per heavy atom. The first-order valence-corrected chi connectivity index (χ1v) is 6.31. The molecule has 1 heterocycles. The monoisotopic (exact) mass is 292 g/mol. The van der Waals surface area contributed by atoms with Crippen LogP contribution in [0.5, 0.6) is 0 Å². The fourth-order valence-electron chi connectivity index (χ4n) is 1.53. The quantitative estimate of drug-likeness (QED) is 0.909. The molecule has 1 aromatic carbocycles. The van der Waals surface area contributed by atoms with Crippen LogP contribution in [0.1, 0.15) is 11.3 Å². The molecule has 0 radical (unpaired) electrons. The Morgan fingerprint density at radius 1 is 1.25 bits per heavy atom. The fraction of sp³-hybridized carbons (Fsp3) is 0.143. The molecule has 0 unspecified atom stereocenters. The Hall–Kier alpha value is -2.11. The zero-order valence-electron chi connectivity index (χ0n) is 10.5. The van der Waals surface area contributed by atoms with E-state index in [-0.39, 0.29) is 19.0 Å². The lowest BCUT2D eigenvalue weighted by molar-refractivity contribution is 0.155. The summed E-state index contributed by atoms with van der Waals surface area (Å²) in [6.07, 6.45) is -0.618. The molecule has 0 aliphatic rings. The minimum atomic E-state index is -0.618. The van der Waals surface area contributed by atoms with Gasteiger partial charge in [0.1, 0.15) is 12.4 Å². The number of ether oxygens (including phenoxy) is 1. The number of carbonyl (C=O) groups excluding carboxylic acids is 1. The lowest BCUT2D eigenvalue weighted by Gasteiger charge is -2.08. The van der Waals surface area contributed by atoms with Crippen LogP contribution in [0, 0.1) is 0 Å². The van der Waals surface area contributed by atoms with Gasteiger partial charge in [-0.15, -0.1) is 0 Å². The van der Waals surface area contributed by atoms with Crippen molar-refractivity contribution in [2.75, 3.05) is 5.32 Å². The molecule has 104 valence electrons. The predicted molar refractivity (Wildman–Crippen MR) is 75.4 cm³/mol. The van der Waals surface area contributed by atoms with Crippen molar-refractivity contribution in [2.24, 2.45) is 0 Å². The van der Waals surface area contributed by atoms with Crippen LogP contribution >= 0.6 is 11.6 Å². The average molecular weight is 293 g/mol. The van der Waals surface area contributed by atoms with Crippen molar-refractivity contribution in [2.45, 2.75) is 13.2 Å². The largest absolute Gasteiger partial charge is 0.444 e. The van der Waals surface area contributed by atoms with Gasteiger partial charge in [-0.1, -0.05) is 41.9 Å². The Kier molecular flexibility index (Phi) is 4.92. The van der Waals surface area contributed by atoms with E-state index < -0.39 is 6.09 Å². The van der Waals surface area contributed by atoms with Crippen LogP contribution in [-0.2, 0) is 18.0 Å². The highest BCUT2D eigenvalue weighted by Crippen LogP contribution is 2.16. The van der Waals surface area contributed by atoms with Gasteiger partial charge in [0.2, 0.25) is 0 Å². The van der Waals surface area contributed by atoms with Crippen LogP contribution in [0.25, 0.3) is 0 Å². The van der Waals surface area contributed by atoms with E-state index in [1.165, 1.54) is 6.07 Å². The van der Waals surface area contributed by atoms with E-state index in [1.54, 1.807) is 6.07 Å². The highest BCUT2D eigenvalue weighted by Gasteiger charge is 2.07. The first-order chi connectivity index (χ1) is 9.69. The van der Waals surface area contributed by atoms with Crippen molar-refractivity contribution >= 4 is 23.5 Å². The summed E-state index contributed by atoms with van der Waals surface area (Å²) in [5.74, 6) is 0.275. The third kappa shape index (κ3) is 3.94. The number of halogens is 1. The summed E-state index contributed by atoms with van der Waals surface area (Å²) in [6, 6.07) is 12.4. The Balaban J connectivity index is 1.91. The number of aliphatic hydroxyl groups is 1. The smallest absolute Gasteiger partial charge is 0.413 e. The molecule has 0 bridgehead atoms. The molecule has 0 atom stereocenters. The molecule has 2 aromatic rings. The maximum atomic E-state index is 11.6. The molecule has 5 nitrogen and oxygen atoms in total. The Morgan fingerprint density at radius 3 is 2.70 bits per heavy atom. The second-order valence-electron chi connectivity index (χ2n) is 3.97. The number of aliphatic hydroxyl groups excluding tert-OH is 1. The maximum absolute atomic E-state index is 11.6. The molecule has 0 fully saturated rings. The normalized spacial score (nSPS) is 10.1. The lowest BCUT2D eigenvalue weighted by atomic mass is 10.2. The van der Waals surface area contributed by atoms with E-state index in [2.05, 4.69) is 10.3 Å². The second-order valence-corrected chi connectivity index (χ2v) is 4.38. The molecule has 0 spiro atoms. The zero-order valence-corrected chi connectivity index (χ0v) is 11.3. The number of amides is 1.